The first kappa shape index (κ1) is 17.5. The van der Waals surface area contributed by atoms with Crippen molar-refractivity contribution < 1.29 is 22.0 Å². The molecule has 1 saturated heterocycles. The molecule has 132 valence electrons. The van der Waals surface area contributed by atoms with Gasteiger partial charge in [0.05, 0.1) is 4.90 Å². The lowest BCUT2D eigenvalue weighted by Crippen LogP contribution is -2.28. The van der Waals surface area contributed by atoms with Gasteiger partial charge in [-0.1, -0.05) is 25.1 Å². The quantitative estimate of drug-likeness (QED) is 0.838. The second kappa shape index (κ2) is 6.22. The minimum absolute atomic E-state index is 0.00702. The van der Waals surface area contributed by atoms with Crippen molar-refractivity contribution in [1.29, 1.82) is 0 Å². The van der Waals surface area contributed by atoms with Crippen molar-refractivity contribution in [3.05, 3.63) is 48.0 Å². The van der Waals surface area contributed by atoms with Crippen molar-refractivity contribution in [3.8, 4) is 11.1 Å². The zero-order chi connectivity index (χ0) is 18.4. The van der Waals surface area contributed by atoms with Gasteiger partial charge < -0.3 is 4.90 Å². The third kappa shape index (κ3) is 3.16. The van der Waals surface area contributed by atoms with Crippen molar-refractivity contribution in [2.45, 2.75) is 18.2 Å². The van der Waals surface area contributed by atoms with E-state index in [9.17, 15) is 22.0 Å². The first-order valence-electron chi connectivity index (χ1n) is 7.80. The molecule has 4 nitrogen and oxygen atoms in total. The molecule has 3 rings (SSSR count). The molecule has 2 aromatic rings. The van der Waals surface area contributed by atoms with Crippen molar-refractivity contribution in [2.75, 3.05) is 17.7 Å². The van der Waals surface area contributed by atoms with Gasteiger partial charge in [-0.3, -0.25) is 4.79 Å². The van der Waals surface area contributed by atoms with Crippen LogP contribution in [0.3, 0.4) is 0 Å². The highest BCUT2D eigenvalue weighted by atomic mass is 32.2. The predicted molar refractivity (Wildman–Crippen MR) is 91.0 cm³/mol. The van der Waals surface area contributed by atoms with Crippen LogP contribution >= 0.6 is 0 Å². The van der Waals surface area contributed by atoms with Gasteiger partial charge in [0.25, 0.3) is 0 Å². The molecular formula is C18H17F2NO3S. The van der Waals surface area contributed by atoms with Crippen molar-refractivity contribution >= 4 is 21.4 Å². The van der Waals surface area contributed by atoms with Gasteiger partial charge >= 0.3 is 0 Å². The van der Waals surface area contributed by atoms with Crippen LogP contribution in [0.1, 0.15) is 13.3 Å². The Labute approximate surface area is 145 Å². The Morgan fingerprint density at radius 3 is 2.24 bits per heavy atom. The van der Waals surface area contributed by atoms with E-state index in [4.69, 9.17) is 0 Å². The summed E-state index contributed by atoms with van der Waals surface area (Å²) < 4.78 is 53.0. The van der Waals surface area contributed by atoms with Gasteiger partial charge in [0.1, 0.15) is 5.69 Å². The molecule has 0 aromatic heterocycles. The molecule has 1 heterocycles. The fourth-order valence-corrected chi connectivity index (χ4v) is 3.96. The predicted octanol–water partition coefficient (Wildman–Crippen LogP) is 3.41. The van der Waals surface area contributed by atoms with Crippen LogP contribution in [0.2, 0.25) is 0 Å². The Bertz CT molecular complexity index is 934. The summed E-state index contributed by atoms with van der Waals surface area (Å²) in [6.45, 7) is 1.97. The van der Waals surface area contributed by atoms with Gasteiger partial charge in [0.15, 0.2) is 21.5 Å². The molecule has 0 spiro atoms. The largest absolute Gasteiger partial charge is 0.307 e. The Balaban J connectivity index is 2.13. The Hall–Kier alpha value is -2.28. The molecule has 0 unspecified atom stereocenters. The molecule has 25 heavy (non-hydrogen) atoms. The first-order chi connectivity index (χ1) is 11.7. The Morgan fingerprint density at radius 2 is 1.72 bits per heavy atom. The van der Waals surface area contributed by atoms with E-state index in [1.807, 2.05) is 0 Å². The van der Waals surface area contributed by atoms with Gasteiger partial charge in [-0.2, -0.15) is 0 Å². The summed E-state index contributed by atoms with van der Waals surface area (Å²) in [7, 11) is -3.56. The molecule has 1 aliphatic rings. The molecule has 1 aliphatic heterocycles. The van der Waals surface area contributed by atoms with E-state index in [1.54, 1.807) is 19.1 Å². The summed E-state index contributed by atoms with van der Waals surface area (Å²) in [6.07, 6.45) is 1.58. The number of anilines is 1. The number of carbonyl (C=O) groups excluding carboxylic acids is 1. The smallest absolute Gasteiger partial charge is 0.230 e. The number of benzene rings is 2. The van der Waals surface area contributed by atoms with Crippen LogP contribution in [0.5, 0.6) is 0 Å². The summed E-state index contributed by atoms with van der Waals surface area (Å²) >= 11 is 0. The zero-order valence-corrected chi connectivity index (χ0v) is 14.6. The number of hydrogen-bond acceptors (Lipinski definition) is 3. The topological polar surface area (TPSA) is 54.5 Å². The minimum Gasteiger partial charge on any atom is -0.307 e. The normalized spacial score (nSPS) is 18.0. The highest BCUT2D eigenvalue weighted by molar-refractivity contribution is 7.90. The van der Waals surface area contributed by atoms with Gasteiger partial charge in [-0.15, -0.1) is 0 Å². The van der Waals surface area contributed by atoms with E-state index in [2.05, 4.69) is 0 Å². The SMILES string of the molecule is C[C@@H]1CCN(c2c(F)cc(-c3ccccc3S(C)(=O)=O)cc2F)C1=O. The zero-order valence-electron chi connectivity index (χ0n) is 13.8. The van der Waals surface area contributed by atoms with Gasteiger partial charge in [-0.25, -0.2) is 17.2 Å². The fraction of sp³-hybridized carbons (Fsp3) is 0.278. The molecule has 0 saturated carbocycles. The first-order valence-corrected chi connectivity index (χ1v) is 9.69. The lowest BCUT2D eigenvalue weighted by Gasteiger charge is -2.19. The lowest BCUT2D eigenvalue weighted by atomic mass is 10.0. The molecule has 0 aliphatic carbocycles. The molecule has 1 amide bonds. The highest BCUT2D eigenvalue weighted by Crippen LogP contribution is 2.35. The van der Waals surface area contributed by atoms with E-state index >= 15 is 0 Å². The average molecular weight is 365 g/mol. The average Bonchev–Trinajstić information content (AvgIpc) is 2.86. The maximum Gasteiger partial charge on any atom is 0.230 e. The van der Waals surface area contributed by atoms with Crippen LogP contribution in [0.4, 0.5) is 14.5 Å². The number of rotatable bonds is 3. The monoisotopic (exact) mass is 365 g/mol. The maximum absolute atomic E-state index is 14.6. The van der Waals surface area contributed by atoms with E-state index < -0.39 is 21.5 Å². The van der Waals surface area contributed by atoms with Gasteiger partial charge in [-0.05, 0) is 30.2 Å². The number of halogens is 2. The molecule has 0 bridgehead atoms. The standard InChI is InChI=1S/C18H17F2NO3S/c1-11-7-8-21(18(11)22)17-14(19)9-12(10-15(17)20)13-5-3-4-6-16(13)25(2,23)24/h3-6,9-11H,7-8H2,1-2H3/t11-/m1/s1. The van der Waals surface area contributed by atoms with Crippen molar-refractivity contribution in [3.63, 3.8) is 0 Å². The summed E-state index contributed by atoms with van der Waals surface area (Å²) in [4.78, 5) is 13.2. The number of amides is 1. The number of sulfone groups is 1. The van der Waals surface area contributed by atoms with Crippen LogP contribution in [0.25, 0.3) is 11.1 Å². The molecule has 1 atom stereocenters. The third-order valence-corrected chi connectivity index (χ3v) is 5.51. The van der Waals surface area contributed by atoms with Crippen molar-refractivity contribution in [2.24, 2.45) is 5.92 Å². The Morgan fingerprint density at radius 1 is 1.12 bits per heavy atom. The van der Waals surface area contributed by atoms with E-state index in [0.29, 0.717) is 6.42 Å². The molecule has 2 aromatic carbocycles. The summed E-state index contributed by atoms with van der Waals surface area (Å²) in [5.41, 5.74) is -0.0510. The van der Waals surface area contributed by atoms with Gasteiger partial charge in [0.2, 0.25) is 5.91 Å². The Kier molecular flexibility index (Phi) is 4.36. The second-order valence-corrected chi connectivity index (χ2v) is 8.22. The molecular weight excluding hydrogens is 348 g/mol. The van der Waals surface area contributed by atoms with Crippen LogP contribution in [0, 0.1) is 17.6 Å². The summed E-state index contributed by atoms with van der Waals surface area (Å²) in [5.74, 6) is -2.37. The molecule has 7 heteroatoms. The van der Waals surface area contributed by atoms with Crippen LogP contribution in [0.15, 0.2) is 41.3 Å². The van der Waals surface area contributed by atoms with Crippen molar-refractivity contribution in [1.82, 2.24) is 0 Å². The van der Waals surface area contributed by atoms with Crippen LogP contribution in [-0.4, -0.2) is 27.1 Å². The number of carbonyl (C=O) groups is 1. The van der Waals surface area contributed by atoms with E-state index in [-0.39, 0.29) is 40.1 Å². The van der Waals surface area contributed by atoms with Crippen LogP contribution < -0.4 is 4.90 Å². The summed E-state index contributed by atoms with van der Waals surface area (Å²) in [6, 6.07) is 8.16. The molecule has 1 fully saturated rings. The molecule has 0 N–H and O–H groups in total. The maximum atomic E-state index is 14.6. The van der Waals surface area contributed by atoms with E-state index in [0.717, 1.165) is 23.3 Å². The highest BCUT2D eigenvalue weighted by Gasteiger charge is 2.33. The molecule has 0 radical (unpaired) electrons. The number of nitrogens with zero attached hydrogens (tertiary/aromatic N) is 1. The van der Waals surface area contributed by atoms with Gasteiger partial charge in [0, 0.05) is 24.3 Å². The lowest BCUT2D eigenvalue weighted by molar-refractivity contribution is -0.119. The summed E-state index contributed by atoms with van der Waals surface area (Å²) in [5, 5.41) is 0. The van der Waals surface area contributed by atoms with Crippen LogP contribution in [-0.2, 0) is 14.6 Å². The fourth-order valence-electron chi connectivity index (χ4n) is 3.05. The van der Waals surface area contributed by atoms with E-state index in [1.165, 1.54) is 12.1 Å². The minimum atomic E-state index is -3.56. The number of hydrogen-bond donors (Lipinski definition) is 0. The third-order valence-electron chi connectivity index (χ3n) is 4.36. The second-order valence-electron chi connectivity index (χ2n) is 6.24.